The smallest absolute Gasteiger partial charge is 0.188 e. The molecule has 0 N–H and O–H groups in total. The van der Waals surface area contributed by atoms with Crippen molar-refractivity contribution in [2.45, 2.75) is 25.9 Å². The number of aromatic nitrogens is 2. The predicted molar refractivity (Wildman–Crippen MR) is 84.2 cm³/mol. The van der Waals surface area contributed by atoms with Crippen LogP contribution in [0.2, 0.25) is 0 Å². The molecule has 0 radical (unpaired) electrons. The summed E-state index contributed by atoms with van der Waals surface area (Å²) in [7, 11) is 0. The maximum Gasteiger partial charge on any atom is 0.188 e. The molecule has 5 heteroatoms. The normalized spacial score (nSPS) is 10.4. The number of benzene rings is 1. The van der Waals surface area contributed by atoms with Crippen LogP contribution in [0.3, 0.4) is 0 Å². The molecule has 0 aliphatic carbocycles. The molecule has 0 aliphatic rings. The highest BCUT2D eigenvalue weighted by atomic mass is 32.2. The van der Waals surface area contributed by atoms with E-state index in [-0.39, 0.29) is 5.78 Å². The van der Waals surface area contributed by atoms with Crippen LogP contribution in [-0.2, 0) is 0 Å². The molecule has 2 rings (SSSR count). The molecule has 1 heterocycles. The van der Waals surface area contributed by atoms with E-state index in [1.807, 2.05) is 45.0 Å². The van der Waals surface area contributed by atoms with Crippen LogP contribution < -0.4 is 4.74 Å². The summed E-state index contributed by atoms with van der Waals surface area (Å²) in [6, 6.07) is 9.22. The Bertz CT molecular complexity index is 624. The van der Waals surface area contributed by atoms with Crippen molar-refractivity contribution in [2.75, 3.05) is 12.4 Å². The molecule has 0 bridgehead atoms. The van der Waals surface area contributed by atoms with Crippen LogP contribution in [0.15, 0.2) is 35.5 Å². The van der Waals surface area contributed by atoms with Crippen molar-refractivity contribution in [2.24, 2.45) is 0 Å². The molecule has 1 aromatic carbocycles. The zero-order valence-corrected chi connectivity index (χ0v) is 13.2. The summed E-state index contributed by atoms with van der Waals surface area (Å²) < 4.78 is 5.49. The first-order valence-corrected chi connectivity index (χ1v) is 7.79. The predicted octanol–water partition coefficient (Wildman–Crippen LogP) is 3.47. The molecule has 4 nitrogen and oxygen atoms in total. The topological polar surface area (TPSA) is 52.1 Å². The summed E-state index contributed by atoms with van der Waals surface area (Å²) in [5, 5.41) is 0.634. The largest absolute Gasteiger partial charge is 0.493 e. The van der Waals surface area contributed by atoms with Crippen LogP contribution in [0.1, 0.15) is 28.7 Å². The van der Waals surface area contributed by atoms with E-state index in [0.717, 1.165) is 11.4 Å². The quantitative estimate of drug-likeness (QED) is 0.464. The van der Waals surface area contributed by atoms with Crippen LogP contribution in [0.25, 0.3) is 0 Å². The lowest BCUT2D eigenvalue weighted by atomic mass is 10.1. The number of hydrogen-bond donors (Lipinski definition) is 0. The summed E-state index contributed by atoms with van der Waals surface area (Å²) in [4.78, 5) is 21.0. The highest BCUT2D eigenvalue weighted by Gasteiger charge is 2.13. The monoisotopic (exact) mass is 302 g/mol. The van der Waals surface area contributed by atoms with Gasteiger partial charge in [0, 0.05) is 11.4 Å². The van der Waals surface area contributed by atoms with E-state index in [1.54, 1.807) is 6.07 Å². The second-order valence-electron chi connectivity index (χ2n) is 4.57. The van der Waals surface area contributed by atoms with Gasteiger partial charge in [0.05, 0.1) is 17.9 Å². The minimum absolute atomic E-state index is 0.0202. The number of rotatable bonds is 6. The lowest BCUT2D eigenvalue weighted by Gasteiger charge is -2.08. The van der Waals surface area contributed by atoms with Crippen LogP contribution in [0, 0.1) is 13.8 Å². The summed E-state index contributed by atoms with van der Waals surface area (Å²) in [6.07, 6.45) is 0. The molecular formula is C16H18N2O2S. The first-order valence-electron chi connectivity index (χ1n) is 6.80. The van der Waals surface area contributed by atoms with Gasteiger partial charge in [-0.2, -0.15) is 0 Å². The summed E-state index contributed by atoms with van der Waals surface area (Å²) >= 11 is 1.35. The number of aryl methyl sites for hydroxylation is 2. The molecule has 0 fully saturated rings. The molecule has 1 aromatic heterocycles. The Balaban J connectivity index is 2.08. The second-order valence-corrected chi connectivity index (χ2v) is 5.52. The maximum absolute atomic E-state index is 12.3. The van der Waals surface area contributed by atoms with Gasteiger partial charge in [0.15, 0.2) is 10.9 Å². The highest BCUT2D eigenvalue weighted by Crippen LogP contribution is 2.22. The van der Waals surface area contributed by atoms with E-state index >= 15 is 0 Å². The molecule has 110 valence electrons. The lowest BCUT2D eigenvalue weighted by Crippen LogP contribution is -2.07. The third-order valence-electron chi connectivity index (χ3n) is 2.78. The number of ether oxygens (including phenoxy) is 1. The van der Waals surface area contributed by atoms with Gasteiger partial charge in [-0.05, 0) is 39.0 Å². The third kappa shape index (κ3) is 4.29. The Morgan fingerprint density at radius 3 is 2.52 bits per heavy atom. The average Bonchev–Trinajstić information content (AvgIpc) is 2.45. The number of thioether (sulfide) groups is 1. The van der Waals surface area contributed by atoms with Gasteiger partial charge in [0.1, 0.15) is 5.75 Å². The molecule has 0 atom stereocenters. The van der Waals surface area contributed by atoms with Gasteiger partial charge >= 0.3 is 0 Å². The molecule has 0 aliphatic heterocycles. The van der Waals surface area contributed by atoms with Crippen LogP contribution in [0.4, 0.5) is 0 Å². The highest BCUT2D eigenvalue weighted by molar-refractivity contribution is 7.99. The van der Waals surface area contributed by atoms with Gasteiger partial charge in [0.25, 0.3) is 0 Å². The Labute approximate surface area is 129 Å². The van der Waals surface area contributed by atoms with E-state index < -0.39 is 0 Å². The molecule has 0 saturated heterocycles. The van der Waals surface area contributed by atoms with E-state index in [2.05, 4.69) is 9.97 Å². The fourth-order valence-corrected chi connectivity index (χ4v) is 2.78. The number of ketones is 1. The number of nitrogens with zero attached hydrogens (tertiary/aromatic N) is 2. The number of carbonyl (C=O) groups is 1. The van der Waals surface area contributed by atoms with E-state index in [0.29, 0.717) is 28.8 Å². The van der Waals surface area contributed by atoms with Crippen molar-refractivity contribution in [3.05, 3.63) is 47.3 Å². The van der Waals surface area contributed by atoms with Crippen molar-refractivity contribution in [3.63, 3.8) is 0 Å². The Hall–Kier alpha value is -1.88. The maximum atomic E-state index is 12.3. The minimum Gasteiger partial charge on any atom is -0.493 e. The number of Topliss-reactive ketones (excluding diaryl/α,β-unsaturated/α-hetero) is 1. The molecule has 0 spiro atoms. The zero-order valence-electron chi connectivity index (χ0n) is 12.4. The minimum atomic E-state index is 0.0202. The summed E-state index contributed by atoms with van der Waals surface area (Å²) in [5.74, 6) is 0.950. The second kappa shape index (κ2) is 7.22. The van der Waals surface area contributed by atoms with Gasteiger partial charge in [-0.1, -0.05) is 23.9 Å². The van der Waals surface area contributed by atoms with Gasteiger partial charge in [0.2, 0.25) is 0 Å². The van der Waals surface area contributed by atoms with Crippen molar-refractivity contribution in [1.29, 1.82) is 0 Å². The van der Waals surface area contributed by atoms with Gasteiger partial charge < -0.3 is 4.74 Å². The van der Waals surface area contributed by atoms with Crippen LogP contribution >= 0.6 is 11.8 Å². The first-order chi connectivity index (χ1) is 10.1. The lowest BCUT2D eigenvalue weighted by molar-refractivity contribution is 0.101. The molecule has 0 unspecified atom stereocenters. The van der Waals surface area contributed by atoms with E-state index in [9.17, 15) is 4.79 Å². The van der Waals surface area contributed by atoms with Crippen LogP contribution in [-0.4, -0.2) is 28.1 Å². The van der Waals surface area contributed by atoms with E-state index in [4.69, 9.17) is 4.74 Å². The van der Waals surface area contributed by atoms with Crippen molar-refractivity contribution < 1.29 is 9.53 Å². The molecular weight excluding hydrogens is 284 g/mol. The first kappa shape index (κ1) is 15.5. The zero-order chi connectivity index (χ0) is 15.2. The third-order valence-corrected chi connectivity index (χ3v) is 3.63. The van der Waals surface area contributed by atoms with E-state index in [1.165, 1.54) is 11.8 Å². The SMILES string of the molecule is CCOc1ccccc1C(=O)CSc1nc(C)cc(C)n1. The van der Waals surface area contributed by atoms with Gasteiger partial charge in [-0.25, -0.2) is 9.97 Å². The Morgan fingerprint density at radius 2 is 1.86 bits per heavy atom. The standard InChI is InChI=1S/C16H18N2O2S/c1-4-20-15-8-6-5-7-13(15)14(19)10-21-16-17-11(2)9-12(3)18-16/h5-9H,4,10H2,1-3H3. The fraction of sp³-hybridized carbons (Fsp3) is 0.312. The Morgan fingerprint density at radius 1 is 1.19 bits per heavy atom. The number of para-hydroxylation sites is 1. The molecule has 0 amide bonds. The van der Waals surface area contributed by atoms with Crippen molar-refractivity contribution >= 4 is 17.5 Å². The van der Waals surface area contributed by atoms with Gasteiger partial charge in [-0.3, -0.25) is 4.79 Å². The number of carbonyl (C=O) groups excluding carboxylic acids is 1. The Kier molecular flexibility index (Phi) is 5.33. The summed E-state index contributed by atoms with van der Waals surface area (Å²) in [6.45, 7) is 6.28. The molecule has 21 heavy (non-hydrogen) atoms. The van der Waals surface area contributed by atoms with Crippen molar-refractivity contribution in [3.8, 4) is 5.75 Å². The van der Waals surface area contributed by atoms with Crippen molar-refractivity contribution in [1.82, 2.24) is 9.97 Å². The van der Waals surface area contributed by atoms with Crippen LogP contribution in [0.5, 0.6) is 5.75 Å². The number of hydrogen-bond acceptors (Lipinski definition) is 5. The average molecular weight is 302 g/mol. The fourth-order valence-electron chi connectivity index (χ4n) is 1.94. The molecule has 2 aromatic rings. The molecule has 0 saturated carbocycles. The van der Waals surface area contributed by atoms with Gasteiger partial charge in [-0.15, -0.1) is 0 Å². The summed E-state index contributed by atoms with van der Waals surface area (Å²) in [5.41, 5.74) is 2.43.